The second-order valence-electron chi connectivity index (χ2n) is 4.63. The molecule has 2 amide bonds. The van der Waals surface area contributed by atoms with Crippen LogP contribution in [0.2, 0.25) is 0 Å². The molecule has 8 heteroatoms. The summed E-state index contributed by atoms with van der Waals surface area (Å²) >= 11 is 3.02. The van der Waals surface area contributed by atoms with E-state index in [9.17, 15) is 9.59 Å². The zero-order chi connectivity index (χ0) is 14.8. The van der Waals surface area contributed by atoms with Crippen LogP contribution in [0.5, 0.6) is 0 Å². The van der Waals surface area contributed by atoms with Crippen LogP contribution in [-0.4, -0.2) is 39.5 Å². The zero-order valence-electron chi connectivity index (χ0n) is 11.4. The van der Waals surface area contributed by atoms with E-state index >= 15 is 0 Å². The minimum Gasteiger partial charge on any atom is -0.323 e. The molecule has 0 spiro atoms. The van der Waals surface area contributed by atoms with Gasteiger partial charge in [0.15, 0.2) is 0 Å². The lowest BCUT2D eigenvalue weighted by Crippen LogP contribution is -2.37. The number of thiazole rings is 1. The lowest BCUT2D eigenvalue weighted by atomic mass is 10.3. The number of amides is 2. The van der Waals surface area contributed by atoms with Gasteiger partial charge in [-0.15, -0.1) is 16.9 Å². The molecule has 21 heavy (non-hydrogen) atoms. The number of aromatic nitrogens is 1. The summed E-state index contributed by atoms with van der Waals surface area (Å²) in [4.78, 5) is 25.5. The summed E-state index contributed by atoms with van der Waals surface area (Å²) in [5.41, 5.74) is 3.59. The average molecular weight is 322 g/mol. The Labute approximate surface area is 129 Å². The van der Waals surface area contributed by atoms with Crippen LogP contribution in [0, 0.1) is 0 Å². The van der Waals surface area contributed by atoms with Crippen molar-refractivity contribution in [3.8, 4) is 0 Å². The van der Waals surface area contributed by atoms with E-state index < -0.39 is 0 Å². The third-order valence-electron chi connectivity index (χ3n) is 3.15. The maximum absolute atomic E-state index is 11.8. The summed E-state index contributed by atoms with van der Waals surface area (Å²) in [6.07, 6.45) is 0. The summed E-state index contributed by atoms with van der Waals surface area (Å²) in [7, 11) is 1.91. The third-order valence-corrected chi connectivity index (χ3v) is 5.21. The lowest BCUT2D eigenvalue weighted by molar-refractivity contribution is -0.132. The summed E-state index contributed by atoms with van der Waals surface area (Å²) in [5, 5.41) is 4.15. The van der Waals surface area contributed by atoms with Gasteiger partial charge in [-0.3, -0.25) is 9.59 Å². The number of para-hydroxylation sites is 1. The Morgan fingerprint density at radius 3 is 2.95 bits per heavy atom. The molecule has 3 rings (SSSR count). The van der Waals surface area contributed by atoms with E-state index in [-0.39, 0.29) is 18.4 Å². The van der Waals surface area contributed by atoms with Crippen molar-refractivity contribution >= 4 is 45.1 Å². The number of carbonyl (C=O) groups excluding carboxylic acids is 2. The Morgan fingerprint density at radius 1 is 1.43 bits per heavy atom. The number of thioether (sulfide) groups is 1. The highest BCUT2D eigenvalue weighted by atomic mass is 32.2. The number of benzene rings is 1. The van der Waals surface area contributed by atoms with Gasteiger partial charge in [0.1, 0.15) is 6.54 Å². The number of hydrogen-bond acceptors (Lipinski definition) is 5. The first-order valence-electron chi connectivity index (χ1n) is 6.38. The third kappa shape index (κ3) is 2.96. The van der Waals surface area contributed by atoms with Crippen LogP contribution >= 0.6 is 23.1 Å². The molecular weight excluding hydrogens is 308 g/mol. The summed E-state index contributed by atoms with van der Waals surface area (Å²) in [6.45, 7) is 0.0595. The Hall–Kier alpha value is -1.80. The number of nitrogens with one attached hydrogen (secondary N) is 1. The highest BCUT2D eigenvalue weighted by molar-refractivity contribution is 8.00. The van der Waals surface area contributed by atoms with E-state index in [2.05, 4.69) is 10.5 Å². The van der Waals surface area contributed by atoms with Gasteiger partial charge in [-0.05, 0) is 12.1 Å². The van der Waals surface area contributed by atoms with Crippen molar-refractivity contribution in [2.24, 2.45) is 12.1 Å². The molecule has 2 aromatic rings. The topological polar surface area (TPSA) is 66.7 Å². The molecule has 0 atom stereocenters. The van der Waals surface area contributed by atoms with Gasteiger partial charge in [-0.2, -0.15) is 0 Å². The van der Waals surface area contributed by atoms with E-state index in [1.807, 2.05) is 35.9 Å². The van der Waals surface area contributed by atoms with Crippen LogP contribution in [0.4, 0.5) is 0 Å². The van der Waals surface area contributed by atoms with Crippen molar-refractivity contribution in [3.05, 3.63) is 29.1 Å². The number of hydrogen-bond donors (Lipinski definition) is 1. The van der Waals surface area contributed by atoms with Gasteiger partial charge in [-0.1, -0.05) is 23.5 Å². The maximum atomic E-state index is 11.8. The molecule has 1 fully saturated rings. The summed E-state index contributed by atoms with van der Waals surface area (Å²) < 4.78 is 3.04. The molecule has 0 aliphatic carbocycles. The van der Waals surface area contributed by atoms with Crippen LogP contribution < -0.4 is 10.2 Å². The largest absolute Gasteiger partial charge is 0.323 e. The normalized spacial score (nSPS) is 16.0. The Kier molecular flexibility index (Phi) is 3.98. The fourth-order valence-corrected chi connectivity index (χ4v) is 3.93. The predicted molar refractivity (Wildman–Crippen MR) is 83.5 cm³/mol. The van der Waals surface area contributed by atoms with Gasteiger partial charge in [0.05, 0.1) is 21.8 Å². The predicted octanol–water partition coefficient (Wildman–Crippen LogP) is 0.705. The molecule has 0 saturated carbocycles. The second-order valence-corrected chi connectivity index (χ2v) is 6.59. The highest BCUT2D eigenvalue weighted by Gasteiger charge is 2.22. The molecule has 0 radical (unpaired) electrons. The van der Waals surface area contributed by atoms with Crippen LogP contribution in [-0.2, 0) is 16.6 Å². The molecule has 0 bridgehead atoms. The number of fused-ring (bicyclic) bond motifs is 1. The molecule has 6 nitrogen and oxygen atoms in total. The Morgan fingerprint density at radius 2 is 2.24 bits per heavy atom. The van der Waals surface area contributed by atoms with E-state index in [4.69, 9.17) is 0 Å². The standard InChI is InChI=1S/C13H14N4O2S2/c1-16-9-4-2-3-5-10(9)21-13(16)15-14-11(18)6-17-8-20-7-12(17)19/h2-5H,6-8H2,1H3,(H,14,18). The Bertz CT molecular complexity index is 765. The number of nitrogens with zero attached hydrogens (tertiary/aromatic N) is 3. The number of rotatable bonds is 3. The second kappa shape index (κ2) is 5.90. The molecular formula is C13H14N4O2S2. The van der Waals surface area contributed by atoms with Crippen molar-refractivity contribution < 1.29 is 9.59 Å². The quantitative estimate of drug-likeness (QED) is 0.846. The van der Waals surface area contributed by atoms with Crippen molar-refractivity contribution in [2.45, 2.75) is 0 Å². The molecule has 1 aromatic heterocycles. The molecule has 1 N–H and O–H groups in total. The SMILES string of the molecule is Cn1c(=NNC(=O)CN2CSCC2=O)sc2ccccc21. The molecule has 0 unspecified atom stereocenters. The van der Waals surface area contributed by atoms with Crippen LogP contribution in [0.1, 0.15) is 0 Å². The molecule has 1 aromatic carbocycles. The van der Waals surface area contributed by atoms with Crippen molar-refractivity contribution in [3.63, 3.8) is 0 Å². The smallest absolute Gasteiger partial charge is 0.259 e. The summed E-state index contributed by atoms with van der Waals surface area (Å²) in [5.74, 6) is 0.754. The van der Waals surface area contributed by atoms with Crippen molar-refractivity contribution in [1.29, 1.82) is 0 Å². The minimum atomic E-state index is -0.275. The van der Waals surface area contributed by atoms with Gasteiger partial charge >= 0.3 is 0 Å². The van der Waals surface area contributed by atoms with Gasteiger partial charge in [0, 0.05) is 7.05 Å². The maximum Gasteiger partial charge on any atom is 0.259 e. The fraction of sp³-hybridized carbons (Fsp3) is 0.308. The van der Waals surface area contributed by atoms with E-state index in [1.165, 1.54) is 28.0 Å². The highest BCUT2D eigenvalue weighted by Crippen LogP contribution is 2.15. The molecule has 110 valence electrons. The van der Waals surface area contributed by atoms with Gasteiger partial charge < -0.3 is 9.47 Å². The van der Waals surface area contributed by atoms with E-state index in [0.29, 0.717) is 16.4 Å². The van der Waals surface area contributed by atoms with Gasteiger partial charge in [0.25, 0.3) is 5.91 Å². The first kappa shape index (κ1) is 14.2. The lowest BCUT2D eigenvalue weighted by Gasteiger charge is -2.12. The first-order chi connectivity index (χ1) is 10.1. The Balaban J connectivity index is 1.73. The minimum absolute atomic E-state index is 0.00238. The van der Waals surface area contributed by atoms with Crippen LogP contribution in [0.3, 0.4) is 0 Å². The number of carbonyl (C=O) groups is 2. The van der Waals surface area contributed by atoms with Crippen molar-refractivity contribution in [2.75, 3.05) is 18.2 Å². The first-order valence-corrected chi connectivity index (χ1v) is 8.35. The average Bonchev–Trinajstić information content (AvgIpc) is 3.02. The summed E-state index contributed by atoms with van der Waals surface area (Å²) in [6, 6.07) is 7.96. The monoisotopic (exact) mass is 322 g/mol. The van der Waals surface area contributed by atoms with Crippen LogP contribution in [0.15, 0.2) is 29.4 Å². The van der Waals surface area contributed by atoms with E-state index in [0.717, 1.165) is 10.2 Å². The van der Waals surface area contributed by atoms with Crippen molar-refractivity contribution in [1.82, 2.24) is 14.9 Å². The van der Waals surface area contributed by atoms with E-state index in [1.54, 1.807) is 0 Å². The molecule has 1 aliphatic rings. The fourth-order valence-electron chi connectivity index (χ4n) is 2.05. The zero-order valence-corrected chi connectivity index (χ0v) is 13.0. The van der Waals surface area contributed by atoms with Gasteiger partial charge in [-0.25, -0.2) is 5.43 Å². The van der Waals surface area contributed by atoms with Gasteiger partial charge in [0.2, 0.25) is 10.7 Å². The van der Waals surface area contributed by atoms with Crippen LogP contribution in [0.25, 0.3) is 10.2 Å². The molecule has 1 saturated heterocycles. The molecule has 2 heterocycles. The number of aryl methyl sites for hydroxylation is 1. The molecule has 1 aliphatic heterocycles.